The summed E-state index contributed by atoms with van der Waals surface area (Å²) in [5.41, 5.74) is 1.38. The molecule has 0 radical (unpaired) electrons. The average molecular weight is 584 g/mol. The number of carbonyl (C=O) groups excluding carboxylic acids is 3. The van der Waals surface area contributed by atoms with Crippen molar-refractivity contribution < 1.29 is 43.6 Å². The van der Waals surface area contributed by atoms with E-state index in [4.69, 9.17) is 19.3 Å². The largest absolute Gasteiger partial charge is 0.496 e. The Morgan fingerprint density at radius 1 is 1.07 bits per heavy atom. The van der Waals surface area contributed by atoms with Crippen LogP contribution in [0.5, 0.6) is 11.5 Å². The number of piperidine rings is 1. The van der Waals surface area contributed by atoms with E-state index in [9.17, 15) is 24.3 Å². The molecule has 2 atom stereocenters. The molecular weight excluding hydrogens is 542 g/mol. The number of aliphatic hydroxyl groups excluding tert-OH is 1. The second kappa shape index (κ2) is 14.8. The molecule has 0 aliphatic carbocycles. The summed E-state index contributed by atoms with van der Waals surface area (Å²) in [7, 11) is 1.53. The second-order valence-electron chi connectivity index (χ2n) is 11.1. The van der Waals surface area contributed by atoms with Crippen molar-refractivity contribution in [1.29, 1.82) is 0 Å². The number of aliphatic hydroxyl groups is 1. The lowest BCUT2D eigenvalue weighted by atomic mass is 9.84. The number of methoxy groups -OCH3 is 1. The first-order chi connectivity index (χ1) is 20.0. The van der Waals surface area contributed by atoms with Crippen molar-refractivity contribution >= 4 is 23.6 Å². The maximum absolute atomic E-state index is 13.6. The summed E-state index contributed by atoms with van der Waals surface area (Å²) in [6.45, 7) is 4.94. The number of carbonyl (C=O) groups is 4. The standard InChI is InChI=1S/C32H41NO9/c1-5-32(2,3)29(37)30(38)33-17-7-6-8-25(33)31(39)42-27(22-11-13-24(14-12-22)41-20-28(35)36)16-10-21-9-15-26(40-4)23(18-21)19-34/h9,11-15,18,25,27,34H,5-8,10,16-17,19-20H2,1-4H3,(H,35,36)/t25-,27+/m0/s1. The van der Waals surface area contributed by atoms with Crippen LogP contribution < -0.4 is 9.47 Å². The number of benzene rings is 2. The molecule has 0 aromatic heterocycles. The maximum Gasteiger partial charge on any atom is 0.341 e. The van der Waals surface area contributed by atoms with Crippen LogP contribution in [0.2, 0.25) is 0 Å². The van der Waals surface area contributed by atoms with Crippen molar-refractivity contribution in [2.24, 2.45) is 5.41 Å². The van der Waals surface area contributed by atoms with Crippen molar-refractivity contribution in [1.82, 2.24) is 4.90 Å². The zero-order chi connectivity index (χ0) is 30.9. The summed E-state index contributed by atoms with van der Waals surface area (Å²) < 4.78 is 16.6. The Morgan fingerprint density at radius 3 is 2.40 bits per heavy atom. The number of hydrogen-bond donors (Lipinski definition) is 2. The average Bonchev–Trinajstić information content (AvgIpc) is 3.01. The minimum absolute atomic E-state index is 0.188. The Bertz CT molecular complexity index is 1260. The highest BCUT2D eigenvalue weighted by molar-refractivity contribution is 6.38. The van der Waals surface area contributed by atoms with Gasteiger partial charge in [0.25, 0.3) is 5.91 Å². The van der Waals surface area contributed by atoms with Gasteiger partial charge in [-0.2, -0.15) is 0 Å². The van der Waals surface area contributed by atoms with Crippen LogP contribution in [-0.4, -0.2) is 65.0 Å². The predicted octanol–water partition coefficient (Wildman–Crippen LogP) is 4.25. The molecule has 1 saturated heterocycles. The lowest BCUT2D eigenvalue weighted by Crippen LogP contribution is -2.53. The molecule has 2 aromatic rings. The van der Waals surface area contributed by atoms with Gasteiger partial charge in [-0.05, 0) is 73.9 Å². The van der Waals surface area contributed by atoms with Crippen molar-refractivity contribution in [2.45, 2.75) is 78.0 Å². The Balaban J connectivity index is 1.84. The molecule has 0 bridgehead atoms. The van der Waals surface area contributed by atoms with E-state index in [1.54, 1.807) is 44.2 Å². The molecule has 2 aromatic carbocycles. The van der Waals surface area contributed by atoms with E-state index in [1.807, 2.05) is 19.1 Å². The number of carboxylic acids is 1. The molecule has 3 rings (SSSR count). The molecule has 1 aliphatic rings. The molecule has 1 amide bonds. The number of esters is 1. The van der Waals surface area contributed by atoms with Crippen LogP contribution in [0.1, 0.15) is 75.7 Å². The normalized spacial score (nSPS) is 15.9. The predicted molar refractivity (Wildman–Crippen MR) is 154 cm³/mol. The number of amides is 1. The maximum atomic E-state index is 13.6. The van der Waals surface area contributed by atoms with Crippen LogP contribution in [-0.2, 0) is 36.9 Å². The molecule has 2 N–H and O–H groups in total. The number of ketones is 1. The number of ether oxygens (including phenoxy) is 3. The molecule has 0 spiro atoms. The Hall–Kier alpha value is -3.92. The van der Waals surface area contributed by atoms with Gasteiger partial charge >= 0.3 is 11.9 Å². The van der Waals surface area contributed by atoms with E-state index in [0.29, 0.717) is 61.3 Å². The number of rotatable bonds is 14. The van der Waals surface area contributed by atoms with Crippen LogP contribution >= 0.6 is 0 Å². The number of aryl methyl sites for hydroxylation is 1. The number of carboxylic acid groups (broad SMARTS) is 1. The van der Waals surface area contributed by atoms with E-state index in [-0.39, 0.29) is 6.61 Å². The molecule has 0 unspecified atom stereocenters. The topological polar surface area (TPSA) is 140 Å². The summed E-state index contributed by atoms with van der Waals surface area (Å²) in [5, 5.41) is 18.6. The van der Waals surface area contributed by atoms with Crippen molar-refractivity contribution in [3.05, 3.63) is 59.2 Å². The van der Waals surface area contributed by atoms with Crippen molar-refractivity contribution in [2.75, 3.05) is 20.3 Å². The molecule has 1 heterocycles. The van der Waals surface area contributed by atoms with Crippen LogP contribution in [0.15, 0.2) is 42.5 Å². The molecule has 10 nitrogen and oxygen atoms in total. The lowest BCUT2D eigenvalue weighted by molar-refractivity contribution is -0.164. The molecule has 42 heavy (non-hydrogen) atoms. The Kier molecular flexibility index (Phi) is 11.5. The van der Waals surface area contributed by atoms with Crippen LogP contribution in [0.3, 0.4) is 0 Å². The van der Waals surface area contributed by atoms with Gasteiger partial charge in [-0.1, -0.05) is 39.0 Å². The first kappa shape index (κ1) is 32.6. The third kappa shape index (κ3) is 8.31. The molecule has 1 aliphatic heterocycles. The number of aliphatic carboxylic acids is 1. The Labute approximate surface area is 246 Å². The smallest absolute Gasteiger partial charge is 0.341 e. The number of Topliss-reactive ketones (excluding diaryl/α,β-unsaturated/α-hetero) is 1. The lowest BCUT2D eigenvalue weighted by Gasteiger charge is -2.36. The highest BCUT2D eigenvalue weighted by Gasteiger charge is 2.41. The Morgan fingerprint density at radius 2 is 1.79 bits per heavy atom. The second-order valence-corrected chi connectivity index (χ2v) is 11.1. The third-order valence-corrected chi connectivity index (χ3v) is 7.81. The zero-order valence-corrected chi connectivity index (χ0v) is 24.8. The van der Waals surface area contributed by atoms with E-state index in [0.717, 1.165) is 12.0 Å². The first-order valence-electron chi connectivity index (χ1n) is 14.3. The van der Waals surface area contributed by atoms with Crippen molar-refractivity contribution in [3.63, 3.8) is 0 Å². The van der Waals surface area contributed by atoms with E-state index < -0.39 is 47.8 Å². The first-order valence-corrected chi connectivity index (χ1v) is 14.3. The van der Waals surface area contributed by atoms with Gasteiger partial charge in [0, 0.05) is 17.5 Å². The molecule has 1 fully saturated rings. The molecule has 10 heteroatoms. The van der Waals surface area contributed by atoms with Crippen LogP contribution in [0.25, 0.3) is 0 Å². The quantitative estimate of drug-likeness (QED) is 0.247. The SMILES string of the molecule is CCC(C)(C)C(=O)C(=O)N1CCCC[C@H]1C(=O)O[C@H](CCc1ccc(OC)c(CO)c1)c1ccc(OCC(=O)O)cc1. The van der Waals surface area contributed by atoms with Gasteiger partial charge in [0.05, 0.1) is 13.7 Å². The number of likely N-dealkylation sites (tertiary alicyclic amines) is 1. The number of hydrogen-bond acceptors (Lipinski definition) is 8. The summed E-state index contributed by atoms with van der Waals surface area (Å²) in [6, 6.07) is 11.3. The highest BCUT2D eigenvalue weighted by Crippen LogP contribution is 2.30. The molecule has 228 valence electrons. The van der Waals surface area contributed by atoms with Gasteiger partial charge in [0.2, 0.25) is 5.78 Å². The van der Waals surface area contributed by atoms with Gasteiger partial charge in [-0.3, -0.25) is 9.59 Å². The summed E-state index contributed by atoms with van der Waals surface area (Å²) >= 11 is 0. The highest BCUT2D eigenvalue weighted by atomic mass is 16.5. The number of nitrogens with zero attached hydrogens (tertiary/aromatic N) is 1. The summed E-state index contributed by atoms with van der Waals surface area (Å²) in [4.78, 5) is 52.0. The fourth-order valence-electron chi connectivity index (χ4n) is 4.85. The van der Waals surface area contributed by atoms with Gasteiger partial charge < -0.3 is 29.3 Å². The van der Waals surface area contributed by atoms with Gasteiger partial charge in [0.1, 0.15) is 23.6 Å². The minimum atomic E-state index is -1.10. The van der Waals surface area contributed by atoms with Crippen molar-refractivity contribution in [3.8, 4) is 11.5 Å². The minimum Gasteiger partial charge on any atom is -0.496 e. The van der Waals surface area contributed by atoms with E-state index in [2.05, 4.69) is 0 Å². The van der Waals surface area contributed by atoms with Crippen LogP contribution in [0, 0.1) is 5.41 Å². The van der Waals surface area contributed by atoms with E-state index >= 15 is 0 Å². The third-order valence-electron chi connectivity index (χ3n) is 7.81. The zero-order valence-electron chi connectivity index (χ0n) is 24.8. The molecular formula is C32H41NO9. The van der Waals surface area contributed by atoms with Gasteiger partial charge in [-0.25, -0.2) is 9.59 Å². The van der Waals surface area contributed by atoms with Gasteiger partial charge in [0.15, 0.2) is 6.61 Å². The monoisotopic (exact) mass is 583 g/mol. The summed E-state index contributed by atoms with van der Waals surface area (Å²) in [6.07, 6.45) is 2.51. The van der Waals surface area contributed by atoms with E-state index in [1.165, 1.54) is 12.0 Å². The van der Waals surface area contributed by atoms with Gasteiger partial charge in [-0.15, -0.1) is 0 Å². The fourth-order valence-corrected chi connectivity index (χ4v) is 4.85. The molecule has 0 saturated carbocycles. The van der Waals surface area contributed by atoms with Crippen LogP contribution in [0.4, 0.5) is 0 Å². The summed E-state index contributed by atoms with van der Waals surface area (Å²) in [5.74, 6) is -1.92. The fraction of sp³-hybridized carbons (Fsp3) is 0.500.